The summed E-state index contributed by atoms with van der Waals surface area (Å²) >= 11 is 0. The van der Waals surface area contributed by atoms with Crippen LogP contribution in [0.1, 0.15) is 218 Å². The Morgan fingerprint density at radius 2 is 1.00 bits per heavy atom. The third-order valence-electron chi connectivity index (χ3n) is 13.3. The molecule has 0 aliphatic carbocycles. The number of quaternary nitrogens is 2. The Morgan fingerprint density at radius 1 is 0.567 bits per heavy atom. The molecule has 0 saturated carbocycles. The van der Waals surface area contributed by atoms with Crippen molar-refractivity contribution in [2.45, 2.75) is 210 Å². The van der Waals surface area contributed by atoms with E-state index in [-0.39, 0.29) is 5.41 Å². The average molecular weight is 831 g/mol. The Balaban J connectivity index is 2.48. The predicted molar refractivity (Wildman–Crippen MR) is 267 cm³/mol. The molecule has 5 heteroatoms. The molecule has 60 heavy (non-hydrogen) atoms. The van der Waals surface area contributed by atoms with E-state index in [9.17, 15) is 5.11 Å². The summed E-state index contributed by atoms with van der Waals surface area (Å²) in [5.41, 5.74) is 6.61. The molecule has 0 bridgehead atoms. The summed E-state index contributed by atoms with van der Waals surface area (Å²) in [6.45, 7) is 40.6. The highest BCUT2D eigenvalue weighted by molar-refractivity contribution is 5.85. The zero-order valence-electron chi connectivity index (χ0n) is 42.0. The Morgan fingerprint density at radius 3 is 1.42 bits per heavy atom. The zero-order chi connectivity index (χ0) is 44.7. The van der Waals surface area contributed by atoms with Crippen LogP contribution in [0.5, 0.6) is 5.75 Å². The maximum absolute atomic E-state index is 11.5. The minimum Gasteiger partial charge on any atom is -0.507 e. The predicted octanol–water partition coefficient (Wildman–Crippen LogP) is 14.7. The van der Waals surface area contributed by atoms with E-state index in [4.69, 9.17) is 9.98 Å². The number of benzene rings is 2. The zero-order valence-corrected chi connectivity index (χ0v) is 42.0. The molecule has 0 aliphatic heterocycles. The monoisotopic (exact) mass is 831 g/mol. The smallest absolute Gasteiger partial charge is 0.127 e. The van der Waals surface area contributed by atoms with E-state index in [1.165, 1.54) is 181 Å². The Hall–Kier alpha value is -2.50. The van der Waals surface area contributed by atoms with E-state index in [1.807, 2.05) is 12.4 Å². The molecule has 2 rings (SSSR count). The third kappa shape index (κ3) is 19.3. The fourth-order valence-corrected chi connectivity index (χ4v) is 9.28. The summed E-state index contributed by atoms with van der Waals surface area (Å²) in [5.74, 6) is 0.830. The van der Waals surface area contributed by atoms with Crippen molar-refractivity contribution >= 4 is 12.4 Å². The van der Waals surface area contributed by atoms with Crippen LogP contribution in [-0.2, 0) is 5.41 Å². The number of aryl methyl sites for hydroxylation is 2. The molecule has 0 saturated heterocycles. The molecule has 0 aromatic heterocycles. The van der Waals surface area contributed by atoms with Gasteiger partial charge in [-0.3, -0.25) is 9.98 Å². The van der Waals surface area contributed by atoms with E-state index in [2.05, 4.69) is 120 Å². The SMILES string of the molecule is CCCC[N+](CCCC)(CCCC)CCCC(CCC[N+](CCCC)(CCCC)CCCC)c1cc(C)c(O)c(C=NC(C)(C)CN=Cc2cc(C)cc(C(C)(C)C)c2)c1. The van der Waals surface area contributed by atoms with E-state index in [1.54, 1.807) is 0 Å². The summed E-state index contributed by atoms with van der Waals surface area (Å²) in [6, 6.07) is 11.3. The minimum absolute atomic E-state index is 0.0925. The summed E-state index contributed by atoms with van der Waals surface area (Å²) in [6.07, 6.45) is 24.5. The number of rotatable bonds is 32. The number of aromatic hydroxyl groups is 1. The van der Waals surface area contributed by atoms with E-state index in [0.717, 1.165) is 16.7 Å². The molecule has 342 valence electrons. The van der Waals surface area contributed by atoms with Crippen molar-refractivity contribution in [1.29, 1.82) is 0 Å². The lowest BCUT2D eigenvalue weighted by molar-refractivity contribution is -0.929. The molecule has 5 nitrogen and oxygen atoms in total. The molecule has 0 atom stereocenters. The highest BCUT2D eigenvalue weighted by Crippen LogP contribution is 2.34. The maximum Gasteiger partial charge on any atom is 0.127 e. The molecule has 0 heterocycles. The van der Waals surface area contributed by atoms with Crippen molar-refractivity contribution in [2.24, 2.45) is 9.98 Å². The van der Waals surface area contributed by atoms with E-state index < -0.39 is 5.54 Å². The average Bonchev–Trinajstić information content (AvgIpc) is 3.20. The second-order valence-electron chi connectivity index (χ2n) is 20.8. The molecule has 0 unspecified atom stereocenters. The fourth-order valence-electron chi connectivity index (χ4n) is 9.28. The van der Waals surface area contributed by atoms with Crippen molar-refractivity contribution < 1.29 is 14.1 Å². The van der Waals surface area contributed by atoms with Crippen LogP contribution in [0.2, 0.25) is 0 Å². The van der Waals surface area contributed by atoms with Gasteiger partial charge in [-0.05, 0) is 138 Å². The van der Waals surface area contributed by atoms with Gasteiger partial charge in [-0.2, -0.15) is 0 Å². The van der Waals surface area contributed by atoms with Crippen LogP contribution in [0.4, 0.5) is 0 Å². The van der Waals surface area contributed by atoms with Crippen molar-refractivity contribution in [3.05, 3.63) is 63.7 Å². The highest BCUT2D eigenvalue weighted by atomic mass is 16.3. The number of unbranched alkanes of at least 4 members (excludes halogenated alkanes) is 6. The Labute approximate surface area is 373 Å². The molecular weight excluding hydrogens is 733 g/mol. The highest BCUT2D eigenvalue weighted by Gasteiger charge is 2.29. The minimum atomic E-state index is -0.406. The first-order valence-electron chi connectivity index (χ1n) is 25.2. The van der Waals surface area contributed by atoms with Gasteiger partial charge < -0.3 is 14.1 Å². The van der Waals surface area contributed by atoms with Crippen LogP contribution in [-0.4, -0.2) is 90.9 Å². The Kier molecular flexibility index (Phi) is 24.6. The van der Waals surface area contributed by atoms with Crippen LogP contribution in [0, 0.1) is 13.8 Å². The molecule has 1 N–H and O–H groups in total. The standard InChI is InChI=1S/C55H97N4O/c1-14-20-30-58(31-21-15-2,32-22-16-3)36-26-28-49(29-27-37-59(33-23-17-4,34-24-18-5)35-25-19-6)50-40-47(8)53(60)51(42-50)44-57-55(12,13)45-56-43-48-38-46(7)39-52(41-48)54(9,10)11/h38-44,49H,14-37,45H2,1-13H3/q+1/p+1. The van der Waals surface area contributed by atoms with Gasteiger partial charge in [0.1, 0.15) is 5.75 Å². The van der Waals surface area contributed by atoms with Gasteiger partial charge in [0.25, 0.3) is 0 Å². The lowest BCUT2D eigenvalue weighted by Crippen LogP contribution is -2.51. The lowest BCUT2D eigenvalue weighted by atomic mass is 9.85. The van der Waals surface area contributed by atoms with Crippen LogP contribution < -0.4 is 0 Å². The van der Waals surface area contributed by atoms with Gasteiger partial charge in [0.05, 0.1) is 64.4 Å². The molecule has 2 aromatic rings. The second kappa shape index (κ2) is 27.5. The van der Waals surface area contributed by atoms with Crippen LogP contribution in [0.3, 0.4) is 0 Å². The number of phenols is 1. The number of nitrogens with zero attached hydrogens (tertiary/aromatic N) is 4. The number of hydrogen-bond donors (Lipinski definition) is 1. The quantitative estimate of drug-likeness (QED) is 0.0579. The fraction of sp³-hybridized carbons (Fsp3) is 0.745. The first-order valence-corrected chi connectivity index (χ1v) is 25.2. The van der Waals surface area contributed by atoms with Crippen molar-refractivity contribution in [3.8, 4) is 5.75 Å². The summed E-state index contributed by atoms with van der Waals surface area (Å²) < 4.78 is 2.61. The van der Waals surface area contributed by atoms with Crippen LogP contribution >= 0.6 is 0 Å². The van der Waals surface area contributed by atoms with Crippen molar-refractivity contribution in [1.82, 2.24) is 0 Å². The van der Waals surface area contributed by atoms with Crippen molar-refractivity contribution in [2.75, 3.05) is 58.9 Å². The first-order chi connectivity index (χ1) is 28.5. The molecule has 2 aromatic carbocycles. The number of hydrogen-bond acceptors (Lipinski definition) is 3. The number of aliphatic imine (C=N–C) groups is 2. The number of phenolic OH excluding ortho intramolecular Hbond substituents is 1. The molecular formula is C55H98N4O+2. The molecule has 0 aliphatic rings. The normalized spacial score (nSPS) is 13.2. The van der Waals surface area contributed by atoms with Gasteiger partial charge in [-0.25, -0.2) is 0 Å². The molecule has 0 fully saturated rings. The van der Waals surface area contributed by atoms with Crippen LogP contribution in [0.25, 0.3) is 0 Å². The van der Waals surface area contributed by atoms with Gasteiger partial charge in [0.15, 0.2) is 0 Å². The summed E-state index contributed by atoms with van der Waals surface area (Å²) in [4.78, 5) is 9.98. The van der Waals surface area contributed by atoms with Gasteiger partial charge >= 0.3 is 0 Å². The third-order valence-corrected chi connectivity index (χ3v) is 13.3. The topological polar surface area (TPSA) is 45.0 Å². The van der Waals surface area contributed by atoms with Gasteiger partial charge in [-0.15, -0.1) is 0 Å². The van der Waals surface area contributed by atoms with E-state index >= 15 is 0 Å². The van der Waals surface area contributed by atoms with Gasteiger partial charge in [-0.1, -0.05) is 125 Å². The Bertz CT molecular complexity index is 1450. The van der Waals surface area contributed by atoms with Gasteiger partial charge in [0.2, 0.25) is 0 Å². The van der Waals surface area contributed by atoms with Crippen molar-refractivity contribution in [3.63, 3.8) is 0 Å². The van der Waals surface area contributed by atoms with Crippen LogP contribution in [0.15, 0.2) is 40.3 Å². The first kappa shape index (κ1) is 53.6. The molecule has 0 amide bonds. The largest absolute Gasteiger partial charge is 0.507 e. The summed E-state index contributed by atoms with van der Waals surface area (Å²) in [5, 5.41) is 11.5. The lowest BCUT2D eigenvalue weighted by Gasteiger charge is -2.40. The summed E-state index contributed by atoms with van der Waals surface area (Å²) in [7, 11) is 0. The maximum atomic E-state index is 11.5. The molecule has 0 spiro atoms. The second-order valence-corrected chi connectivity index (χ2v) is 20.8. The van der Waals surface area contributed by atoms with Gasteiger partial charge in [0, 0.05) is 18.0 Å². The molecule has 0 radical (unpaired) electrons. The van der Waals surface area contributed by atoms with E-state index in [0.29, 0.717) is 18.2 Å².